The molecule has 0 heterocycles. The maximum atomic E-state index is 12.2. The van der Waals surface area contributed by atoms with E-state index in [2.05, 4.69) is 10.6 Å². The van der Waals surface area contributed by atoms with Crippen molar-refractivity contribution >= 4 is 35.5 Å². The van der Waals surface area contributed by atoms with E-state index in [4.69, 9.17) is 16.3 Å². The van der Waals surface area contributed by atoms with Gasteiger partial charge in [-0.3, -0.25) is 9.59 Å². The first-order chi connectivity index (χ1) is 13.0. The van der Waals surface area contributed by atoms with Gasteiger partial charge in [-0.05, 0) is 23.3 Å². The van der Waals surface area contributed by atoms with Gasteiger partial charge in [-0.1, -0.05) is 60.1 Å². The molecule has 0 saturated carbocycles. The molecule has 0 aliphatic heterocycles. The molecule has 2 amide bonds. The van der Waals surface area contributed by atoms with Crippen LogP contribution >= 0.6 is 11.6 Å². The minimum absolute atomic E-state index is 0.0485. The van der Waals surface area contributed by atoms with Gasteiger partial charge in [-0.2, -0.15) is 0 Å². The Morgan fingerprint density at radius 2 is 1.70 bits per heavy atom. The van der Waals surface area contributed by atoms with Gasteiger partial charge in [0.2, 0.25) is 5.91 Å². The fraction of sp³-hybridized carbons (Fsp3) is 0.150. The molecule has 6 nitrogen and oxygen atoms in total. The van der Waals surface area contributed by atoms with Crippen molar-refractivity contribution in [3.63, 3.8) is 0 Å². The summed E-state index contributed by atoms with van der Waals surface area (Å²) in [6.45, 7) is 1.02. The molecule has 0 spiro atoms. The lowest BCUT2D eigenvalue weighted by atomic mass is 10.2. The number of hydrogen-bond acceptors (Lipinski definition) is 4. The van der Waals surface area contributed by atoms with Crippen LogP contribution in [0.2, 0.25) is 5.02 Å². The molecule has 7 heteroatoms. The zero-order valence-electron chi connectivity index (χ0n) is 14.7. The largest absolute Gasteiger partial charge is 0.451 e. The summed E-state index contributed by atoms with van der Waals surface area (Å²) in [6.07, 6.45) is 1.48. The molecule has 0 aliphatic rings. The number of hydrogen-bond donors (Lipinski definition) is 2. The van der Waals surface area contributed by atoms with Gasteiger partial charge in [0, 0.05) is 18.5 Å². The van der Waals surface area contributed by atoms with Crippen molar-refractivity contribution in [1.82, 2.24) is 10.6 Å². The Hall–Kier alpha value is -3.12. The van der Waals surface area contributed by atoms with Crippen LogP contribution in [0.15, 0.2) is 60.3 Å². The van der Waals surface area contributed by atoms with E-state index in [1.807, 2.05) is 12.1 Å². The fourth-order valence-electron chi connectivity index (χ4n) is 2.15. The highest BCUT2D eigenvalue weighted by Gasteiger charge is 2.15. The zero-order valence-corrected chi connectivity index (χ0v) is 15.5. The van der Waals surface area contributed by atoms with Crippen molar-refractivity contribution in [3.8, 4) is 0 Å². The van der Waals surface area contributed by atoms with E-state index in [-0.39, 0.29) is 12.2 Å². The topological polar surface area (TPSA) is 84.5 Å². The molecule has 2 aromatic rings. The second-order valence-electron chi connectivity index (χ2n) is 5.59. The van der Waals surface area contributed by atoms with Crippen LogP contribution in [-0.2, 0) is 25.7 Å². The zero-order chi connectivity index (χ0) is 19.6. The highest BCUT2D eigenvalue weighted by Crippen LogP contribution is 2.14. The average molecular weight is 387 g/mol. The van der Waals surface area contributed by atoms with Crippen LogP contribution in [0.3, 0.4) is 0 Å². The Kier molecular flexibility index (Phi) is 7.58. The molecule has 0 radical (unpaired) electrons. The van der Waals surface area contributed by atoms with Gasteiger partial charge in [-0.25, -0.2) is 4.79 Å². The number of esters is 1. The predicted molar refractivity (Wildman–Crippen MR) is 102 cm³/mol. The van der Waals surface area contributed by atoms with E-state index in [1.165, 1.54) is 13.0 Å². The molecule has 140 valence electrons. The molecule has 0 saturated heterocycles. The lowest BCUT2D eigenvalue weighted by Gasteiger charge is -2.10. The lowest BCUT2D eigenvalue weighted by Crippen LogP contribution is -2.31. The third-order valence-corrected chi connectivity index (χ3v) is 3.78. The number of carbonyl (C=O) groups is 3. The van der Waals surface area contributed by atoms with Crippen LogP contribution < -0.4 is 10.6 Å². The van der Waals surface area contributed by atoms with E-state index in [0.717, 1.165) is 5.56 Å². The smallest absolute Gasteiger partial charge is 0.355 e. The summed E-state index contributed by atoms with van der Waals surface area (Å²) < 4.78 is 4.99. The number of amides is 2. The van der Waals surface area contributed by atoms with E-state index in [1.54, 1.807) is 42.5 Å². The molecule has 2 aromatic carbocycles. The van der Waals surface area contributed by atoms with Gasteiger partial charge in [0.05, 0.1) is 0 Å². The summed E-state index contributed by atoms with van der Waals surface area (Å²) in [5, 5.41) is 5.57. The van der Waals surface area contributed by atoms with Gasteiger partial charge in [0.15, 0.2) is 6.61 Å². The van der Waals surface area contributed by atoms with Crippen molar-refractivity contribution in [3.05, 3.63) is 76.4 Å². The van der Waals surface area contributed by atoms with Crippen LogP contribution in [0.1, 0.15) is 18.1 Å². The summed E-state index contributed by atoms with van der Waals surface area (Å²) in [5.74, 6) is -1.70. The van der Waals surface area contributed by atoms with Crippen molar-refractivity contribution in [2.75, 3.05) is 6.61 Å². The second kappa shape index (κ2) is 10.1. The monoisotopic (exact) mass is 386 g/mol. The summed E-state index contributed by atoms with van der Waals surface area (Å²) >= 11 is 6.02. The maximum Gasteiger partial charge on any atom is 0.355 e. The summed E-state index contributed by atoms with van der Waals surface area (Å²) in [7, 11) is 0. The van der Waals surface area contributed by atoms with Crippen LogP contribution in [0, 0.1) is 0 Å². The standard InChI is InChI=1S/C20H19ClN2O4/c1-14(24)23-18(11-15-7-3-2-4-8-15)20(26)27-13-19(25)22-12-16-9-5-6-10-17(16)21/h2-11H,12-13H2,1H3,(H,22,25)(H,23,24)/b18-11-. The molecule has 0 unspecified atom stereocenters. The second-order valence-corrected chi connectivity index (χ2v) is 6.00. The number of halogens is 1. The molecule has 0 aromatic heterocycles. The van der Waals surface area contributed by atoms with Crippen LogP contribution in [0.4, 0.5) is 0 Å². The third-order valence-electron chi connectivity index (χ3n) is 3.41. The van der Waals surface area contributed by atoms with Crippen LogP contribution in [0.5, 0.6) is 0 Å². The molecular weight excluding hydrogens is 368 g/mol. The third kappa shape index (κ3) is 6.95. The van der Waals surface area contributed by atoms with Gasteiger partial charge in [0.1, 0.15) is 5.70 Å². The lowest BCUT2D eigenvalue weighted by molar-refractivity contribution is -0.145. The molecule has 0 atom stereocenters. The molecular formula is C20H19ClN2O4. The Labute approximate surface area is 162 Å². The molecule has 0 fully saturated rings. The van der Waals surface area contributed by atoms with Crippen molar-refractivity contribution in [1.29, 1.82) is 0 Å². The number of nitrogens with one attached hydrogen (secondary N) is 2. The first kappa shape index (κ1) is 20.2. The molecule has 0 bridgehead atoms. The minimum atomic E-state index is -0.804. The summed E-state index contributed by atoms with van der Waals surface area (Å²) in [4.78, 5) is 35.4. The number of benzene rings is 2. The minimum Gasteiger partial charge on any atom is -0.451 e. The highest BCUT2D eigenvalue weighted by molar-refractivity contribution is 6.31. The molecule has 2 N–H and O–H groups in total. The maximum absolute atomic E-state index is 12.2. The normalized spacial score (nSPS) is 10.8. The molecule has 2 rings (SSSR count). The fourth-order valence-corrected chi connectivity index (χ4v) is 2.35. The Balaban J connectivity index is 1.92. The number of rotatable bonds is 7. The highest BCUT2D eigenvalue weighted by atomic mass is 35.5. The SMILES string of the molecule is CC(=O)N/C(=C\c1ccccc1)C(=O)OCC(=O)NCc1ccccc1Cl. The van der Waals surface area contributed by atoms with E-state index in [0.29, 0.717) is 10.6 Å². The van der Waals surface area contributed by atoms with Crippen LogP contribution in [0.25, 0.3) is 6.08 Å². The van der Waals surface area contributed by atoms with E-state index >= 15 is 0 Å². The Morgan fingerprint density at radius 1 is 1.04 bits per heavy atom. The summed E-state index contributed by atoms with van der Waals surface area (Å²) in [6, 6.07) is 16.1. The quantitative estimate of drug-likeness (QED) is 0.566. The van der Waals surface area contributed by atoms with Crippen molar-refractivity contribution in [2.24, 2.45) is 0 Å². The number of carbonyl (C=O) groups excluding carboxylic acids is 3. The average Bonchev–Trinajstić information content (AvgIpc) is 2.65. The van der Waals surface area contributed by atoms with E-state index in [9.17, 15) is 14.4 Å². The van der Waals surface area contributed by atoms with Gasteiger partial charge in [-0.15, -0.1) is 0 Å². The first-order valence-electron chi connectivity index (χ1n) is 8.17. The Bertz CT molecular complexity index is 850. The molecule has 27 heavy (non-hydrogen) atoms. The van der Waals surface area contributed by atoms with Gasteiger partial charge >= 0.3 is 5.97 Å². The molecule has 0 aliphatic carbocycles. The Morgan fingerprint density at radius 3 is 2.37 bits per heavy atom. The van der Waals surface area contributed by atoms with Gasteiger partial charge in [0.25, 0.3) is 5.91 Å². The predicted octanol–water partition coefficient (Wildman–Crippen LogP) is 2.68. The van der Waals surface area contributed by atoms with E-state index < -0.39 is 24.4 Å². The van der Waals surface area contributed by atoms with Crippen molar-refractivity contribution in [2.45, 2.75) is 13.5 Å². The van der Waals surface area contributed by atoms with Crippen LogP contribution in [-0.4, -0.2) is 24.4 Å². The first-order valence-corrected chi connectivity index (χ1v) is 8.55. The summed E-state index contributed by atoms with van der Waals surface area (Å²) in [5.41, 5.74) is 1.41. The number of ether oxygens (including phenoxy) is 1. The van der Waals surface area contributed by atoms with Gasteiger partial charge < -0.3 is 15.4 Å². The van der Waals surface area contributed by atoms with Crippen molar-refractivity contribution < 1.29 is 19.1 Å².